The minimum Gasteiger partial charge on any atom is -0.409 e. The van der Waals surface area contributed by atoms with Crippen LogP contribution in [0.15, 0.2) is 27.8 Å². The molecule has 0 heterocycles. The van der Waals surface area contributed by atoms with Crippen LogP contribution in [0.25, 0.3) is 0 Å². The summed E-state index contributed by atoms with van der Waals surface area (Å²) in [6.45, 7) is -2.29. The van der Waals surface area contributed by atoms with Crippen molar-refractivity contribution < 1.29 is 27.9 Å². The molecule has 10 heteroatoms. The van der Waals surface area contributed by atoms with Gasteiger partial charge in [0.25, 0.3) is 0 Å². The third kappa shape index (κ3) is 6.00. The fourth-order valence-corrected chi connectivity index (χ4v) is 1.70. The van der Waals surface area contributed by atoms with E-state index in [0.29, 0.717) is 4.47 Å². The van der Waals surface area contributed by atoms with Gasteiger partial charge in [-0.05, 0) is 18.2 Å². The van der Waals surface area contributed by atoms with E-state index in [4.69, 9.17) is 10.9 Å². The van der Waals surface area contributed by atoms with Gasteiger partial charge in [-0.2, -0.15) is 13.2 Å². The van der Waals surface area contributed by atoms with Gasteiger partial charge in [0.05, 0.1) is 5.69 Å². The van der Waals surface area contributed by atoms with Crippen LogP contribution in [-0.2, 0) is 9.53 Å². The summed E-state index contributed by atoms with van der Waals surface area (Å²) in [6.07, 6.45) is -4.50. The van der Waals surface area contributed by atoms with E-state index in [1.54, 1.807) is 6.07 Å². The zero-order valence-corrected chi connectivity index (χ0v) is 12.0. The average molecular weight is 370 g/mol. The van der Waals surface area contributed by atoms with Gasteiger partial charge in [-0.15, -0.1) is 0 Å². The van der Waals surface area contributed by atoms with Gasteiger partial charge in [0, 0.05) is 10.0 Å². The van der Waals surface area contributed by atoms with E-state index in [1.807, 2.05) is 0 Å². The van der Waals surface area contributed by atoms with Crippen molar-refractivity contribution in [2.24, 2.45) is 10.9 Å². The lowest BCUT2D eigenvalue weighted by atomic mass is 10.1. The number of alkyl halides is 3. The van der Waals surface area contributed by atoms with Crippen LogP contribution < -0.4 is 11.1 Å². The van der Waals surface area contributed by atoms with E-state index in [9.17, 15) is 18.0 Å². The molecule has 1 rings (SSSR count). The van der Waals surface area contributed by atoms with Crippen LogP contribution in [-0.4, -0.2) is 36.3 Å². The number of nitrogens with one attached hydrogen (secondary N) is 1. The third-order valence-electron chi connectivity index (χ3n) is 2.14. The Hall–Kier alpha value is -1.81. The lowest BCUT2D eigenvalue weighted by Crippen LogP contribution is -2.25. The molecule has 0 aliphatic heterocycles. The second-order valence-corrected chi connectivity index (χ2v) is 4.75. The molecule has 0 aromatic heterocycles. The molecule has 0 aliphatic carbocycles. The van der Waals surface area contributed by atoms with E-state index in [-0.39, 0.29) is 17.1 Å². The Labute approximate surface area is 125 Å². The number of carbonyl (C=O) groups is 1. The minimum atomic E-state index is -4.50. The second kappa shape index (κ2) is 7.27. The Kier molecular flexibility index (Phi) is 5.97. The maximum atomic E-state index is 11.9. The minimum absolute atomic E-state index is 0.175. The number of carbonyl (C=O) groups excluding carboxylic acids is 1. The first-order valence-corrected chi connectivity index (χ1v) is 6.24. The molecule has 0 unspecified atom stereocenters. The van der Waals surface area contributed by atoms with E-state index in [1.165, 1.54) is 12.1 Å². The van der Waals surface area contributed by atoms with Gasteiger partial charge in [0.15, 0.2) is 5.84 Å². The largest absolute Gasteiger partial charge is 0.411 e. The highest BCUT2D eigenvalue weighted by atomic mass is 79.9. The fourth-order valence-electron chi connectivity index (χ4n) is 1.34. The van der Waals surface area contributed by atoms with Crippen molar-refractivity contribution in [3.63, 3.8) is 0 Å². The SMILES string of the molecule is N/C(=N/O)c1cc(Br)ccc1NC(=O)COCC(F)(F)F. The molecule has 0 atom stereocenters. The molecule has 0 spiro atoms. The molecular formula is C11H11BrF3N3O3. The second-order valence-electron chi connectivity index (χ2n) is 3.83. The summed E-state index contributed by atoms with van der Waals surface area (Å²) >= 11 is 3.17. The first-order valence-electron chi connectivity index (χ1n) is 5.44. The maximum absolute atomic E-state index is 11.9. The van der Waals surface area contributed by atoms with Gasteiger partial charge in [-0.1, -0.05) is 21.1 Å². The lowest BCUT2D eigenvalue weighted by molar-refractivity contribution is -0.174. The quantitative estimate of drug-likeness (QED) is 0.320. The highest BCUT2D eigenvalue weighted by Crippen LogP contribution is 2.21. The Bertz CT molecular complexity index is 549. The lowest BCUT2D eigenvalue weighted by Gasteiger charge is -2.11. The van der Waals surface area contributed by atoms with E-state index < -0.39 is 25.3 Å². The van der Waals surface area contributed by atoms with Crippen LogP contribution in [0.3, 0.4) is 0 Å². The first kappa shape index (κ1) is 17.2. The van der Waals surface area contributed by atoms with Crippen LogP contribution in [0.1, 0.15) is 5.56 Å². The van der Waals surface area contributed by atoms with Crippen LogP contribution in [0, 0.1) is 0 Å². The Morgan fingerprint density at radius 1 is 1.48 bits per heavy atom. The summed E-state index contributed by atoms with van der Waals surface area (Å²) in [5.41, 5.74) is 5.82. The maximum Gasteiger partial charge on any atom is 0.411 e. The Balaban J connectivity index is 2.72. The van der Waals surface area contributed by atoms with Gasteiger partial charge < -0.3 is 21.0 Å². The van der Waals surface area contributed by atoms with Crippen molar-refractivity contribution >= 4 is 33.4 Å². The molecule has 6 nitrogen and oxygen atoms in total. The number of benzene rings is 1. The molecule has 116 valence electrons. The zero-order chi connectivity index (χ0) is 16.0. The van der Waals surface area contributed by atoms with E-state index in [2.05, 4.69) is 31.1 Å². The summed E-state index contributed by atoms with van der Waals surface area (Å²) in [6, 6.07) is 4.49. The number of hydrogen-bond donors (Lipinski definition) is 3. The molecule has 0 bridgehead atoms. The normalized spacial score (nSPS) is 12.3. The number of nitrogens with two attached hydrogens (primary N) is 1. The van der Waals surface area contributed by atoms with Crippen molar-refractivity contribution in [2.45, 2.75) is 6.18 Å². The molecule has 0 radical (unpaired) electrons. The summed E-state index contributed by atoms with van der Waals surface area (Å²) < 4.78 is 40.4. The van der Waals surface area contributed by atoms with Gasteiger partial charge in [-0.3, -0.25) is 4.79 Å². The first-order chi connectivity index (χ1) is 9.73. The third-order valence-corrected chi connectivity index (χ3v) is 2.63. The van der Waals surface area contributed by atoms with E-state index in [0.717, 1.165) is 0 Å². The number of anilines is 1. The number of oxime groups is 1. The fraction of sp³-hybridized carbons (Fsp3) is 0.273. The molecular weight excluding hydrogens is 359 g/mol. The number of ether oxygens (including phenoxy) is 1. The molecule has 4 N–H and O–H groups in total. The highest BCUT2D eigenvalue weighted by molar-refractivity contribution is 9.10. The molecule has 1 aromatic rings. The molecule has 0 aliphatic rings. The van der Waals surface area contributed by atoms with Crippen LogP contribution in [0.4, 0.5) is 18.9 Å². The molecule has 0 fully saturated rings. The Morgan fingerprint density at radius 3 is 2.71 bits per heavy atom. The molecule has 0 saturated heterocycles. The van der Waals surface area contributed by atoms with Gasteiger partial charge in [-0.25, -0.2) is 0 Å². The number of amidine groups is 1. The van der Waals surface area contributed by atoms with Gasteiger partial charge in [0.2, 0.25) is 5.91 Å². The average Bonchev–Trinajstić information content (AvgIpc) is 2.38. The van der Waals surface area contributed by atoms with Crippen molar-refractivity contribution in [2.75, 3.05) is 18.5 Å². The van der Waals surface area contributed by atoms with Crippen LogP contribution >= 0.6 is 15.9 Å². The predicted molar refractivity (Wildman–Crippen MR) is 72.2 cm³/mol. The van der Waals surface area contributed by atoms with Gasteiger partial charge in [0.1, 0.15) is 13.2 Å². The summed E-state index contributed by atoms with van der Waals surface area (Å²) in [5.74, 6) is -1.06. The van der Waals surface area contributed by atoms with Crippen molar-refractivity contribution in [3.05, 3.63) is 28.2 Å². The molecule has 21 heavy (non-hydrogen) atoms. The summed E-state index contributed by atoms with van der Waals surface area (Å²) in [4.78, 5) is 11.5. The number of rotatable bonds is 5. The van der Waals surface area contributed by atoms with Crippen molar-refractivity contribution in [3.8, 4) is 0 Å². The number of hydrogen-bond acceptors (Lipinski definition) is 4. The van der Waals surface area contributed by atoms with Crippen LogP contribution in [0.5, 0.6) is 0 Å². The number of amides is 1. The summed E-state index contributed by atoms with van der Waals surface area (Å²) in [7, 11) is 0. The monoisotopic (exact) mass is 369 g/mol. The van der Waals surface area contributed by atoms with Crippen molar-refractivity contribution in [1.82, 2.24) is 0 Å². The zero-order valence-electron chi connectivity index (χ0n) is 10.4. The number of nitrogens with zero attached hydrogens (tertiary/aromatic N) is 1. The topological polar surface area (TPSA) is 96.9 Å². The predicted octanol–water partition coefficient (Wildman–Crippen LogP) is 2.06. The van der Waals surface area contributed by atoms with E-state index >= 15 is 0 Å². The van der Waals surface area contributed by atoms with Crippen LogP contribution in [0.2, 0.25) is 0 Å². The standard InChI is InChI=1S/C11H11BrF3N3O3/c12-6-1-2-8(7(3-6)10(16)18-20)17-9(19)4-21-5-11(13,14)15/h1-3,20H,4-5H2,(H2,16,18)(H,17,19). The van der Waals surface area contributed by atoms with Crippen molar-refractivity contribution in [1.29, 1.82) is 0 Å². The Morgan fingerprint density at radius 2 is 2.14 bits per heavy atom. The highest BCUT2D eigenvalue weighted by Gasteiger charge is 2.27. The number of halogens is 4. The molecule has 0 saturated carbocycles. The molecule has 1 amide bonds. The molecule has 1 aromatic carbocycles. The van der Waals surface area contributed by atoms with Gasteiger partial charge >= 0.3 is 6.18 Å². The summed E-state index contributed by atoms with van der Waals surface area (Å²) in [5, 5.41) is 13.8. The smallest absolute Gasteiger partial charge is 0.409 e.